The smallest absolute Gasteiger partial charge is 0.115 e. The molecule has 0 radical (unpaired) electrons. The minimum Gasteiger partial charge on any atom is -0.312 e. The summed E-state index contributed by atoms with van der Waals surface area (Å²) in [4.78, 5) is 7.96. The Labute approximate surface area is 90.6 Å². The number of hydrogen-bond donors (Lipinski definition) is 1. The Morgan fingerprint density at radius 1 is 1.27 bits per heavy atom. The van der Waals surface area contributed by atoms with E-state index in [1.54, 1.807) is 11.9 Å². The largest absolute Gasteiger partial charge is 0.312 e. The normalized spacial score (nSPS) is 15.3. The molecule has 0 unspecified atom stereocenters. The first kappa shape index (κ1) is 10.3. The van der Waals surface area contributed by atoms with Crippen LogP contribution in [0.3, 0.4) is 0 Å². The first-order valence-electron chi connectivity index (χ1n) is 5.57. The van der Waals surface area contributed by atoms with Crippen LogP contribution in [-0.4, -0.2) is 16.5 Å². The average Bonchev–Trinajstić information content (AvgIpc) is 2.79. The van der Waals surface area contributed by atoms with Gasteiger partial charge in [0.2, 0.25) is 0 Å². The van der Waals surface area contributed by atoms with E-state index in [2.05, 4.69) is 21.4 Å². The van der Waals surface area contributed by atoms with Crippen molar-refractivity contribution in [2.24, 2.45) is 0 Å². The summed E-state index contributed by atoms with van der Waals surface area (Å²) < 4.78 is 0. The monoisotopic (exact) mass is 203 g/mol. The van der Waals surface area contributed by atoms with Crippen LogP contribution in [0.4, 0.5) is 0 Å². The van der Waals surface area contributed by atoms with Crippen molar-refractivity contribution < 1.29 is 0 Å². The lowest BCUT2D eigenvalue weighted by molar-refractivity contribution is 0.672. The lowest BCUT2D eigenvalue weighted by atomic mass is 10.2. The molecule has 0 saturated carbocycles. The van der Waals surface area contributed by atoms with E-state index in [0.29, 0.717) is 0 Å². The predicted octanol–water partition coefficient (Wildman–Crippen LogP) is 2.07. The molecule has 1 aromatic rings. The van der Waals surface area contributed by atoms with Crippen molar-refractivity contribution >= 4 is 0 Å². The fraction of sp³-hybridized carbons (Fsp3) is 0.500. The molecule has 1 aliphatic carbocycles. The summed E-state index contributed by atoms with van der Waals surface area (Å²) in [6.07, 6.45) is 12.8. The van der Waals surface area contributed by atoms with Gasteiger partial charge in [-0.1, -0.05) is 11.6 Å². The maximum Gasteiger partial charge on any atom is 0.115 e. The minimum atomic E-state index is 0.869. The van der Waals surface area contributed by atoms with Gasteiger partial charge >= 0.3 is 0 Å². The fourth-order valence-corrected chi connectivity index (χ4v) is 1.87. The van der Waals surface area contributed by atoms with E-state index in [0.717, 1.165) is 18.7 Å². The molecule has 0 bridgehead atoms. The first-order chi connectivity index (χ1) is 7.45. The van der Waals surface area contributed by atoms with Crippen molar-refractivity contribution in [1.82, 2.24) is 15.3 Å². The van der Waals surface area contributed by atoms with Crippen LogP contribution < -0.4 is 5.32 Å². The highest BCUT2D eigenvalue weighted by atomic mass is 14.9. The van der Waals surface area contributed by atoms with Crippen LogP contribution in [0.5, 0.6) is 0 Å². The Bertz CT molecular complexity index is 319. The predicted molar refractivity (Wildman–Crippen MR) is 60.3 cm³/mol. The van der Waals surface area contributed by atoms with Gasteiger partial charge in [-0.15, -0.1) is 0 Å². The molecule has 1 N–H and O–H groups in total. The Hall–Kier alpha value is -1.22. The topological polar surface area (TPSA) is 37.8 Å². The molecule has 1 aliphatic rings. The van der Waals surface area contributed by atoms with Gasteiger partial charge in [0.05, 0.1) is 0 Å². The number of nitrogens with zero attached hydrogens (tertiary/aromatic N) is 2. The van der Waals surface area contributed by atoms with E-state index >= 15 is 0 Å². The molecule has 0 saturated heterocycles. The molecule has 1 heterocycles. The highest BCUT2D eigenvalue weighted by Crippen LogP contribution is 2.19. The number of rotatable bonds is 5. The Kier molecular flexibility index (Phi) is 3.85. The number of hydrogen-bond acceptors (Lipinski definition) is 3. The van der Waals surface area contributed by atoms with Gasteiger partial charge in [0.15, 0.2) is 0 Å². The molecule has 0 atom stereocenters. The van der Waals surface area contributed by atoms with Crippen molar-refractivity contribution in [3.8, 4) is 0 Å². The van der Waals surface area contributed by atoms with E-state index in [9.17, 15) is 0 Å². The summed E-state index contributed by atoms with van der Waals surface area (Å²) >= 11 is 0. The average molecular weight is 203 g/mol. The third-order valence-electron chi connectivity index (χ3n) is 2.70. The second-order valence-electron chi connectivity index (χ2n) is 3.93. The summed E-state index contributed by atoms with van der Waals surface area (Å²) in [6.45, 7) is 1.93. The van der Waals surface area contributed by atoms with Gasteiger partial charge in [-0.25, -0.2) is 9.97 Å². The molecule has 15 heavy (non-hydrogen) atoms. The first-order valence-corrected chi connectivity index (χ1v) is 5.57. The highest BCUT2D eigenvalue weighted by Gasteiger charge is 2.03. The maximum absolute atomic E-state index is 3.98. The van der Waals surface area contributed by atoms with Gasteiger partial charge in [-0.05, 0) is 32.2 Å². The summed E-state index contributed by atoms with van der Waals surface area (Å²) in [6, 6.07) is 0. The van der Waals surface area contributed by atoms with Gasteiger partial charge in [-0.2, -0.15) is 0 Å². The van der Waals surface area contributed by atoms with Crippen molar-refractivity contribution in [3.63, 3.8) is 0 Å². The number of aromatic nitrogens is 2. The van der Waals surface area contributed by atoms with Gasteiger partial charge in [-0.3, -0.25) is 0 Å². The van der Waals surface area contributed by atoms with Crippen LogP contribution in [0.25, 0.3) is 0 Å². The van der Waals surface area contributed by atoms with Gasteiger partial charge in [0, 0.05) is 24.5 Å². The van der Waals surface area contributed by atoms with Gasteiger partial charge in [0.25, 0.3) is 0 Å². The molecule has 0 amide bonds. The third kappa shape index (κ3) is 3.44. The lowest BCUT2D eigenvalue weighted by Gasteiger charge is -2.04. The van der Waals surface area contributed by atoms with Crippen LogP contribution in [-0.2, 0) is 6.54 Å². The molecule has 3 heteroatoms. The fourth-order valence-electron chi connectivity index (χ4n) is 1.87. The van der Waals surface area contributed by atoms with Crippen molar-refractivity contribution in [2.45, 2.75) is 32.2 Å². The molecular formula is C12H17N3. The second-order valence-corrected chi connectivity index (χ2v) is 3.93. The van der Waals surface area contributed by atoms with E-state index in [-0.39, 0.29) is 0 Å². The summed E-state index contributed by atoms with van der Waals surface area (Å²) in [5, 5.41) is 3.41. The molecule has 0 spiro atoms. The quantitative estimate of drug-likeness (QED) is 0.588. The molecule has 0 aromatic carbocycles. The number of nitrogens with one attached hydrogen (secondary N) is 1. The molecule has 0 fully saturated rings. The van der Waals surface area contributed by atoms with E-state index < -0.39 is 0 Å². The Morgan fingerprint density at radius 2 is 2.13 bits per heavy atom. The Balaban J connectivity index is 1.63. The molecular weight excluding hydrogens is 186 g/mol. The van der Waals surface area contributed by atoms with E-state index in [1.807, 2.05) is 12.4 Å². The summed E-state index contributed by atoms with van der Waals surface area (Å²) in [7, 11) is 0. The van der Waals surface area contributed by atoms with E-state index in [4.69, 9.17) is 0 Å². The van der Waals surface area contributed by atoms with Crippen LogP contribution >= 0.6 is 0 Å². The standard InChI is InChI=1S/C12H17N3/c1-2-4-11(3-1)5-6-13-7-12-8-14-10-15-9-12/h3,8-10,13H,1-2,4-7H2. The second kappa shape index (κ2) is 5.61. The number of allylic oxidation sites excluding steroid dienone is 1. The molecule has 0 aliphatic heterocycles. The zero-order valence-corrected chi connectivity index (χ0v) is 8.95. The van der Waals surface area contributed by atoms with Crippen LogP contribution in [0.1, 0.15) is 31.2 Å². The van der Waals surface area contributed by atoms with E-state index in [1.165, 1.54) is 25.7 Å². The SMILES string of the molecule is C1=C(CCNCc2cncnc2)CCC1. The van der Waals surface area contributed by atoms with Crippen LogP contribution in [0.15, 0.2) is 30.4 Å². The summed E-state index contributed by atoms with van der Waals surface area (Å²) in [5.74, 6) is 0. The van der Waals surface area contributed by atoms with Gasteiger partial charge < -0.3 is 5.32 Å². The minimum absolute atomic E-state index is 0.869. The Morgan fingerprint density at radius 3 is 2.87 bits per heavy atom. The van der Waals surface area contributed by atoms with Crippen molar-refractivity contribution in [1.29, 1.82) is 0 Å². The molecule has 1 aromatic heterocycles. The van der Waals surface area contributed by atoms with Crippen LogP contribution in [0, 0.1) is 0 Å². The molecule has 80 valence electrons. The van der Waals surface area contributed by atoms with Gasteiger partial charge in [0.1, 0.15) is 6.33 Å². The summed E-state index contributed by atoms with van der Waals surface area (Å²) in [5.41, 5.74) is 2.77. The third-order valence-corrected chi connectivity index (χ3v) is 2.70. The lowest BCUT2D eigenvalue weighted by Crippen LogP contribution is -2.15. The molecule has 2 rings (SSSR count). The molecule has 3 nitrogen and oxygen atoms in total. The zero-order chi connectivity index (χ0) is 10.3. The van der Waals surface area contributed by atoms with Crippen molar-refractivity contribution in [2.75, 3.05) is 6.54 Å². The van der Waals surface area contributed by atoms with Crippen LogP contribution in [0.2, 0.25) is 0 Å². The maximum atomic E-state index is 3.98. The van der Waals surface area contributed by atoms with Crippen molar-refractivity contribution in [3.05, 3.63) is 35.9 Å². The zero-order valence-electron chi connectivity index (χ0n) is 8.95. The highest BCUT2D eigenvalue weighted by molar-refractivity contribution is 5.08.